The third-order valence-electron chi connectivity index (χ3n) is 5.14. The number of benzene rings is 2. The summed E-state index contributed by atoms with van der Waals surface area (Å²) in [4.78, 5) is 51.3. The Kier molecular flexibility index (Phi) is 8.76. The molecule has 0 bridgehead atoms. The van der Waals surface area contributed by atoms with Crippen LogP contribution in [0.4, 0.5) is 0 Å². The number of imidazole rings is 2. The van der Waals surface area contributed by atoms with Crippen molar-refractivity contribution in [3.63, 3.8) is 0 Å². The fourth-order valence-corrected chi connectivity index (χ4v) is 3.23. The molecule has 2 atom stereocenters. The van der Waals surface area contributed by atoms with Crippen molar-refractivity contribution in [2.75, 3.05) is 0 Å². The molecule has 0 aliphatic rings. The van der Waals surface area contributed by atoms with Crippen LogP contribution in [0.25, 0.3) is 45.4 Å². The van der Waals surface area contributed by atoms with Gasteiger partial charge >= 0.3 is 11.9 Å². The van der Waals surface area contributed by atoms with Crippen LogP contribution in [-0.2, 0) is 9.59 Å². The van der Waals surface area contributed by atoms with Gasteiger partial charge in [0, 0.05) is 24.8 Å². The summed E-state index contributed by atoms with van der Waals surface area (Å²) in [6, 6.07) is 19.3. The molecular weight excluding hydrogens is 520 g/mol. The van der Waals surface area contributed by atoms with Crippen molar-refractivity contribution < 1.29 is 30.0 Å². The van der Waals surface area contributed by atoms with Crippen LogP contribution in [0, 0.1) is 0 Å². The van der Waals surface area contributed by atoms with Gasteiger partial charge in [-0.15, -0.1) is 0 Å². The molecule has 4 heterocycles. The van der Waals surface area contributed by atoms with Gasteiger partial charge in [-0.1, -0.05) is 24.3 Å². The summed E-state index contributed by atoms with van der Waals surface area (Å²) in [6.07, 6.45) is 2.28. The second-order valence-corrected chi connectivity index (χ2v) is 7.92. The number of fused-ring (bicyclic) bond motifs is 2. The summed E-state index contributed by atoms with van der Waals surface area (Å²) >= 11 is 0. The lowest BCUT2D eigenvalue weighted by atomic mass is 10.2. The maximum Gasteiger partial charge on any atom is 0.335 e. The number of rotatable bonds is 5. The summed E-state index contributed by atoms with van der Waals surface area (Å²) in [6.45, 7) is 0. The van der Waals surface area contributed by atoms with Gasteiger partial charge in [-0.05, 0) is 36.4 Å². The normalized spacial score (nSPS) is 11.9. The first-order valence-corrected chi connectivity index (χ1v) is 11.6. The SMILES string of the molecule is O=C(O)C(O)C(O)C(=O)O.c1cnc(-c2nc3ccccc3[nH]2)nc1.c1cnc(-c2nc3ccccc3[nH]2)nc1. The predicted molar refractivity (Wildman–Crippen MR) is 142 cm³/mol. The highest BCUT2D eigenvalue weighted by Gasteiger charge is 2.29. The number of para-hydroxylation sites is 4. The molecule has 6 aromatic rings. The van der Waals surface area contributed by atoms with E-state index < -0.39 is 24.1 Å². The lowest BCUT2D eigenvalue weighted by Gasteiger charge is -2.07. The number of carboxylic acids is 2. The minimum atomic E-state index is -2.27. The Morgan fingerprint density at radius 2 is 0.925 bits per heavy atom. The van der Waals surface area contributed by atoms with Crippen molar-refractivity contribution in [2.24, 2.45) is 0 Å². The third kappa shape index (κ3) is 6.83. The number of nitrogens with one attached hydrogen (secondary N) is 2. The number of aliphatic hydroxyl groups is 2. The maximum atomic E-state index is 9.77. The first-order chi connectivity index (χ1) is 19.3. The highest BCUT2D eigenvalue weighted by Crippen LogP contribution is 2.17. The Morgan fingerprint density at radius 1 is 0.575 bits per heavy atom. The maximum absolute atomic E-state index is 9.77. The largest absolute Gasteiger partial charge is 0.479 e. The molecule has 0 radical (unpaired) electrons. The van der Waals surface area contributed by atoms with Crippen molar-refractivity contribution in [3.8, 4) is 23.3 Å². The molecule has 4 aromatic heterocycles. The van der Waals surface area contributed by atoms with Crippen LogP contribution < -0.4 is 0 Å². The standard InChI is InChI=1S/2C11H8N4.C4H6O6/c2*1-2-5-9-8(4-1)14-11(15-9)10-12-6-3-7-13-10;5-1(3(7)8)2(6)4(9)10/h2*1-7H,(H,14,15);1-2,5-6H,(H,7,8)(H,9,10). The van der Waals surface area contributed by atoms with E-state index >= 15 is 0 Å². The van der Waals surface area contributed by atoms with E-state index in [-0.39, 0.29) is 0 Å². The molecule has 14 heteroatoms. The van der Waals surface area contributed by atoms with E-state index in [0.29, 0.717) is 23.3 Å². The van der Waals surface area contributed by atoms with E-state index in [1.807, 2.05) is 48.5 Å². The van der Waals surface area contributed by atoms with Crippen LogP contribution in [0.5, 0.6) is 0 Å². The van der Waals surface area contributed by atoms with Crippen LogP contribution in [0.1, 0.15) is 0 Å². The molecule has 14 nitrogen and oxygen atoms in total. The second-order valence-electron chi connectivity index (χ2n) is 7.92. The van der Waals surface area contributed by atoms with E-state index in [9.17, 15) is 9.59 Å². The predicted octanol–water partition coefficient (Wildman–Crippen LogP) is 1.92. The first kappa shape index (κ1) is 27.4. The minimum absolute atomic E-state index is 0.619. The van der Waals surface area contributed by atoms with Crippen molar-refractivity contribution >= 4 is 34.0 Å². The second kappa shape index (κ2) is 12.8. The number of H-pyrrole nitrogens is 2. The number of aliphatic hydroxyl groups excluding tert-OH is 2. The lowest BCUT2D eigenvalue weighted by molar-refractivity contribution is -0.165. The molecule has 2 aromatic carbocycles. The molecule has 202 valence electrons. The van der Waals surface area contributed by atoms with Gasteiger partial charge in [-0.2, -0.15) is 0 Å². The first-order valence-electron chi connectivity index (χ1n) is 11.6. The summed E-state index contributed by atoms with van der Waals surface area (Å²) < 4.78 is 0. The molecule has 0 saturated heterocycles. The van der Waals surface area contributed by atoms with Gasteiger partial charge in [0.15, 0.2) is 35.5 Å². The number of nitrogens with zero attached hydrogens (tertiary/aromatic N) is 6. The molecular formula is C26H22N8O6. The Hall–Kier alpha value is -5.60. The topological polar surface area (TPSA) is 224 Å². The molecule has 6 N–H and O–H groups in total. The highest BCUT2D eigenvalue weighted by atomic mass is 16.4. The van der Waals surface area contributed by atoms with Crippen LogP contribution in [-0.4, -0.2) is 84.4 Å². The van der Waals surface area contributed by atoms with Gasteiger partial charge in [0.1, 0.15) is 0 Å². The molecule has 0 saturated carbocycles. The summed E-state index contributed by atoms with van der Waals surface area (Å²) in [5.41, 5.74) is 3.86. The zero-order valence-corrected chi connectivity index (χ0v) is 20.5. The van der Waals surface area contributed by atoms with Gasteiger partial charge in [-0.3, -0.25) is 0 Å². The van der Waals surface area contributed by atoms with Gasteiger partial charge in [0.25, 0.3) is 0 Å². The van der Waals surface area contributed by atoms with Crippen molar-refractivity contribution in [3.05, 3.63) is 85.5 Å². The molecule has 6 rings (SSSR count). The number of hydrogen-bond donors (Lipinski definition) is 6. The molecule has 0 spiro atoms. The Balaban J connectivity index is 0.000000143. The lowest BCUT2D eigenvalue weighted by Crippen LogP contribution is -2.39. The zero-order valence-electron chi connectivity index (χ0n) is 20.5. The van der Waals surface area contributed by atoms with E-state index in [2.05, 4.69) is 39.9 Å². The number of hydrogen-bond acceptors (Lipinski definition) is 10. The third-order valence-corrected chi connectivity index (χ3v) is 5.14. The number of aromatic amines is 2. The molecule has 0 aliphatic heterocycles. The Labute approximate surface area is 225 Å². The zero-order chi connectivity index (χ0) is 28.5. The van der Waals surface area contributed by atoms with Crippen molar-refractivity contribution in [1.29, 1.82) is 0 Å². The van der Waals surface area contributed by atoms with Crippen LogP contribution in [0.2, 0.25) is 0 Å². The quantitative estimate of drug-likeness (QED) is 0.184. The van der Waals surface area contributed by atoms with Crippen LogP contribution in [0.3, 0.4) is 0 Å². The number of carbonyl (C=O) groups is 2. The Morgan fingerprint density at radius 3 is 1.25 bits per heavy atom. The van der Waals surface area contributed by atoms with Crippen LogP contribution >= 0.6 is 0 Å². The summed E-state index contributed by atoms with van der Waals surface area (Å²) in [5, 5.41) is 32.5. The van der Waals surface area contributed by atoms with Crippen molar-refractivity contribution in [2.45, 2.75) is 12.2 Å². The van der Waals surface area contributed by atoms with Crippen LogP contribution in [0.15, 0.2) is 85.5 Å². The van der Waals surface area contributed by atoms with Gasteiger partial charge in [0.05, 0.1) is 22.1 Å². The minimum Gasteiger partial charge on any atom is -0.479 e. The van der Waals surface area contributed by atoms with Crippen molar-refractivity contribution in [1.82, 2.24) is 39.9 Å². The van der Waals surface area contributed by atoms with E-state index in [1.54, 1.807) is 36.9 Å². The average molecular weight is 543 g/mol. The van der Waals surface area contributed by atoms with Gasteiger partial charge in [0.2, 0.25) is 0 Å². The molecule has 2 unspecified atom stereocenters. The Bertz CT molecular complexity index is 1510. The van der Waals surface area contributed by atoms with Gasteiger partial charge < -0.3 is 30.4 Å². The average Bonchev–Trinajstić information content (AvgIpc) is 3.63. The van der Waals surface area contributed by atoms with E-state index in [4.69, 9.17) is 20.4 Å². The number of carboxylic acid groups (broad SMARTS) is 2. The summed E-state index contributed by atoms with van der Waals surface area (Å²) in [7, 11) is 0. The summed E-state index contributed by atoms with van der Waals surface area (Å²) in [5.74, 6) is -0.888. The monoisotopic (exact) mass is 542 g/mol. The fourth-order valence-electron chi connectivity index (χ4n) is 3.23. The van der Waals surface area contributed by atoms with E-state index in [1.165, 1.54) is 0 Å². The molecule has 0 amide bonds. The smallest absolute Gasteiger partial charge is 0.335 e. The fraction of sp³-hybridized carbons (Fsp3) is 0.0769. The number of aliphatic carboxylic acids is 2. The molecule has 40 heavy (non-hydrogen) atoms. The highest BCUT2D eigenvalue weighted by molar-refractivity contribution is 5.83. The van der Waals surface area contributed by atoms with E-state index in [0.717, 1.165) is 22.1 Å². The van der Waals surface area contributed by atoms with Gasteiger partial charge in [-0.25, -0.2) is 39.5 Å². The molecule has 0 aliphatic carbocycles. The molecule has 0 fully saturated rings. The number of aromatic nitrogens is 8.